The smallest absolute Gasteiger partial charge is 0.291 e. The third-order valence-electron chi connectivity index (χ3n) is 3.79. The van der Waals surface area contributed by atoms with E-state index in [-0.39, 0.29) is 17.7 Å². The Kier molecular flexibility index (Phi) is 3.16. The van der Waals surface area contributed by atoms with Crippen LogP contribution in [0.15, 0.2) is 47.1 Å². The normalized spacial score (nSPS) is 17.9. The first kappa shape index (κ1) is 13.1. The van der Waals surface area contributed by atoms with Gasteiger partial charge in [-0.3, -0.25) is 9.48 Å². The van der Waals surface area contributed by atoms with Crippen LogP contribution in [0.5, 0.6) is 0 Å². The Bertz CT molecular complexity index is 782. The number of anilines is 1. The zero-order valence-corrected chi connectivity index (χ0v) is 11.9. The van der Waals surface area contributed by atoms with Crippen molar-refractivity contribution in [1.29, 1.82) is 0 Å². The zero-order chi connectivity index (χ0) is 14.9. The predicted octanol–water partition coefficient (Wildman–Crippen LogP) is 2.84. The number of hydrogen-bond donors (Lipinski definition) is 1. The molecule has 0 saturated carbocycles. The highest BCUT2D eigenvalue weighted by Crippen LogP contribution is 2.22. The van der Waals surface area contributed by atoms with Crippen LogP contribution in [-0.2, 0) is 4.74 Å². The van der Waals surface area contributed by atoms with Crippen molar-refractivity contribution in [2.45, 2.75) is 12.5 Å². The van der Waals surface area contributed by atoms with Gasteiger partial charge in [-0.05, 0) is 18.6 Å². The number of fused-ring (bicyclic) bond motifs is 1. The van der Waals surface area contributed by atoms with Gasteiger partial charge in [0.05, 0.1) is 24.5 Å². The van der Waals surface area contributed by atoms with E-state index in [1.807, 2.05) is 35.1 Å². The quantitative estimate of drug-likeness (QED) is 0.807. The van der Waals surface area contributed by atoms with Gasteiger partial charge in [-0.15, -0.1) is 0 Å². The summed E-state index contributed by atoms with van der Waals surface area (Å²) < 4.78 is 12.7. The standard InChI is InChI=1S/C16H15N3O3/c20-16(15-7-11-3-1-2-4-14(11)22-15)18-12-8-17-19(9-12)13-5-6-21-10-13/h1-4,7-9,13H,5-6,10H2,(H,18,20)/t13-/m0/s1. The summed E-state index contributed by atoms with van der Waals surface area (Å²) in [5, 5.41) is 7.99. The Labute approximate surface area is 126 Å². The average molecular weight is 297 g/mol. The Hall–Kier alpha value is -2.60. The number of hydrogen-bond acceptors (Lipinski definition) is 4. The van der Waals surface area contributed by atoms with Gasteiger partial charge in [0.25, 0.3) is 5.91 Å². The molecule has 1 fully saturated rings. The highest BCUT2D eigenvalue weighted by atomic mass is 16.5. The molecule has 1 amide bonds. The van der Waals surface area contributed by atoms with Crippen molar-refractivity contribution < 1.29 is 13.9 Å². The molecule has 1 atom stereocenters. The van der Waals surface area contributed by atoms with E-state index in [2.05, 4.69) is 10.4 Å². The lowest BCUT2D eigenvalue weighted by Crippen LogP contribution is -2.11. The van der Waals surface area contributed by atoms with Crippen LogP contribution in [0.1, 0.15) is 23.0 Å². The van der Waals surface area contributed by atoms with Crippen LogP contribution in [0.25, 0.3) is 11.0 Å². The largest absolute Gasteiger partial charge is 0.451 e. The maximum absolute atomic E-state index is 12.2. The molecule has 22 heavy (non-hydrogen) atoms. The predicted molar refractivity (Wildman–Crippen MR) is 80.9 cm³/mol. The topological polar surface area (TPSA) is 69.3 Å². The zero-order valence-electron chi connectivity index (χ0n) is 11.9. The first-order valence-corrected chi connectivity index (χ1v) is 7.21. The van der Waals surface area contributed by atoms with Crippen molar-refractivity contribution in [2.75, 3.05) is 18.5 Å². The van der Waals surface area contributed by atoms with Gasteiger partial charge in [-0.25, -0.2) is 0 Å². The highest BCUT2D eigenvalue weighted by Gasteiger charge is 2.19. The summed E-state index contributed by atoms with van der Waals surface area (Å²) in [6.45, 7) is 1.42. The highest BCUT2D eigenvalue weighted by molar-refractivity contribution is 6.04. The average Bonchev–Trinajstić information content (AvgIpc) is 3.26. The Morgan fingerprint density at radius 3 is 3.09 bits per heavy atom. The molecule has 4 rings (SSSR count). The molecule has 3 aromatic rings. The second kappa shape index (κ2) is 5.31. The summed E-state index contributed by atoms with van der Waals surface area (Å²) in [6.07, 6.45) is 4.40. The molecule has 2 aromatic heterocycles. The van der Waals surface area contributed by atoms with E-state index in [4.69, 9.17) is 9.15 Å². The number of nitrogens with zero attached hydrogens (tertiary/aromatic N) is 2. The van der Waals surface area contributed by atoms with Gasteiger partial charge >= 0.3 is 0 Å². The number of nitrogens with one attached hydrogen (secondary N) is 1. The van der Waals surface area contributed by atoms with Crippen LogP contribution in [0.2, 0.25) is 0 Å². The van der Waals surface area contributed by atoms with Crippen molar-refractivity contribution in [1.82, 2.24) is 9.78 Å². The van der Waals surface area contributed by atoms with Crippen LogP contribution in [0, 0.1) is 0 Å². The van der Waals surface area contributed by atoms with Gasteiger partial charge in [-0.1, -0.05) is 18.2 Å². The number of amides is 1. The summed E-state index contributed by atoms with van der Waals surface area (Å²) in [5.41, 5.74) is 1.35. The van der Waals surface area contributed by atoms with Crippen LogP contribution < -0.4 is 5.32 Å². The van der Waals surface area contributed by atoms with Gasteiger partial charge in [-0.2, -0.15) is 5.10 Å². The lowest BCUT2D eigenvalue weighted by Gasteiger charge is -2.06. The van der Waals surface area contributed by atoms with Gasteiger partial charge in [0.15, 0.2) is 5.76 Å². The van der Waals surface area contributed by atoms with Crippen molar-refractivity contribution in [3.63, 3.8) is 0 Å². The Morgan fingerprint density at radius 1 is 1.36 bits per heavy atom. The number of furan rings is 1. The van der Waals surface area contributed by atoms with E-state index in [1.165, 1.54) is 0 Å². The lowest BCUT2D eigenvalue weighted by molar-refractivity contribution is 0.0998. The van der Waals surface area contributed by atoms with Gasteiger partial charge in [0, 0.05) is 18.2 Å². The number of para-hydroxylation sites is 1. The summed E-state index contributed by atoms with van der Waals surface area (Å²) in [7, 11) is 0. The molecule has 112 valence electrons. The van der Waals surface area contributed by atoms with E-state index in [1.54, 1.807) is 12.3 Å². The summed E-state index contributed by atoms with van der Waals surface area (Å²) in [4.78, 5) is 12.2. The molecule has 1 N–H and O–H groups in total. The number of aromatic nitrogens is 2. The molecule has 0 bridgehead atoms. The molecule has 0 spiro atoms. The SMILES string of the molecule is O=C(Nc1cnn([C@H]2CCOC2)c1)c1cc2ccccc2o1. The lowest BCUT2D eigenvalue weighted by atomic mass is 10.2. The van der Waals surface area contributed by atoms with Crippen molar-refractivity contribution in [3.8, 4) is 0 Å². The first-order chi connectivity index (χ1) is 10.8. The third-order valence-corrected chi connectivity index (χ3v) is 3.79. The van der Waals surface area contributed by atoms with Crippen molar-refractivity contribution >= 4 is 22.6 Å². The molecular weight excluding hydrogens is 282 g/mol. The monoisotopic (exact) mass is 297 g/mol. The minimum absolute atomic E-state index is 0.247. The fourth-order valence-corrected chi connectivity index (χ4v) is 2.62. The molecule has 1 aliphatic heterocycles. The van der Waals surface area contributed by atoms with E-state index < -0.39 is 0 Å². The molecule has 0 aliphatic carbocycles. The number of benzene rings is 1. The van der Waals surface area contributed by atoms with E-state index in [9.17, 15) is 4.79 Å². The molecule has 0 radical (unpaired) electrons. The molecule has 6 nitrogen and oxygen atoms in total. The summed E-state index contributed by atoms with van der Waals surface area (Å²) in [5.74, 6) is 0.0107. The minimum Gasteiger partial charge on any atom is -0.451 e. The fraction of sp³-hybridized carbons (Fsp3) is 0.250. The summed E-state index contributed by atoms with van der Waals surface area (Å²) in [6, 6.07) is 9.52. The molecule has 3 heterocycles. The Morgan fingerprint density at radius 2 is 2.27 bits per heavy atom. The molecule has 1 saturated heterocycles. The van der Waals surface area contributed by atoms with Gasteiger partial charge in [0.1, 0.15) is 5.58 Å². The number of carbonyl (C=O) groups excluding carboxylic acids is 1. The maximum atomic E-state index is 12.2. The maximum Gasteiger partial charge on any atom is 0.291 e. The van der Waals surface area contributed by atoms with Crippen LogP contribution in [0.3, 0.4) is 0 Å². The number of ether oxygens (including phenoxy) is 1. The van der Waals surface area contributed by atoms with Crippen LogP contribution >= 0.6 is 0 Å². The van der Waals surface area contributed by atoms with Gasteiger partial charge < -0.3 is 14.5 Å². The molecule has 1 aliphatic rings. The van der Waals surface area contributed by atoms with Gasteiger partial charge in [0.2, 0.25) is 0 Å². The van der Waals surface area contributed by atoms with E-state index in [0.29, 0.717) is 17.9 Å². The minimum atomic E-state index is -0.279. The second-order valence-electron chi connectivity index (χ2n) is 5.33. The summed E-state index contributed by atoms with van der Waals surface area (Å²) >= 11 is 0. The third kappa shape index (κ3) is 2.37. The molecule has 0 unspecified atom stereocenters. The molecular formula is C16H15N3O3. The fourth-order valence-electron chi connectivity index (χ4n) is 2.62. The van der Waals surface area contributed by atoms with Crippen molar-refractivity contribution in [3.05, 3.63) is 48.5 Å². The molecule has 1 aromatic carbocycles. The van der Waals surface area contributed by atoms with Crippen LogP contribution in [0.4, 0.5) is 5.69 Å². The first-order valence-electron chi connectivity index (χ1n) is 7.21. The van der Waals surface area contributed by atoms with E-state index in [0.717, 1.165) is 18.4 Å². The van der Waals surface area contributed by atoms with Crippen LogP contribution in [-0.4, -0.2) is 28.9 Å². The number of rotatable bonds is 3. The van der Waals surface area contributed by atoms with Crippen molar-refractivity contribution in [2.24, 2.45) is 0 Å². The van der Waals surface area contributed by atoms with E-state index >= 15 is 0 Å². The number of carbonyl (C=O) groups is 1. The second-order valence-corrected chi connectivity index (χ2v) is 5.33. The Balaban J connectivity index is 1.51. The molecule has 6 heteroatoms.